The topological polar surface area (TPSA) is 9.86 Å². The Balaban J connectivity index is 1.29. The van der Waals surface area contributed by atoms with Gasteiger partial charge >= 0.3 is 0 Å². The first-order chi connectivity index (χ1) is 26.0. The van der Waals surface area contributed by atoms with E-state index in [1.54, 1.807) is 0 Å². The van der Waals surface area contributed by atoms with E-state index in [0.717, 1.165) is 94.4 Å². The molecule has 0 saturated carbocycles. The molecule has 2 heterocycles. The van der Waals surface area contributed by atoms with Gasteiger partial charge in [-0.3, -0.25) is 0 Å². The van der Waals surface area contributed by atoms with Crippen LogP contribution in [0.1, 0.15) is 5.56 Å². The summed E-state index contributed by atoms with van der Waals surface area (Å²) in [6.45, 7) is 2.13. The van der Waals surface area contributed by atoms with E-state index in [4.69, 9.17) is 0 Å². The van der Waals surface area contributed by atoms with Crippen LogP contribution in [0.4, 0.5) is 8.78 Å². The summed E-state index contributed by atoms with van der Waals surface area (Å²) in [5.74, 6) is -1.22. The van der Waals surface area contributed by atoms with Gasteiger partial charge in [-0.2, -0.15) is 0 Å². The van der Waals surface area contributed by atoms with E-state index in [1.807, 2.05) is 24.3 Å². The zero-order chi connectivity index (χ0) is 35.6. The Morgan fingerprint density at radius 1 is 0.358 bits per heavy atom. The normalized spacial score (nSPS) is 11.7. The van der Waals surface area contributed by atoms with Gasteiger partial charge in [-0.15, -0.1) is 0 Å². The number of nitrogens with zero attached hydrogens (tertiary/aromatic N) is 2. The number of hydrogen-bond donors (Lipinski definition) is 0. The molecule has 0 saturated heterocycles. The number of fused-ring (bicyclic) bond motifs is 6. The summed E-state index contributed by atoms with van der Waals surface area (Å²) in [4.78, 5) is 0. The zero-order valence-corrected chi connectivity index (χ0v) is 28.9. The predicted octanol–water partition coefficient (Wildman–Crippen LogP) is 13.5. The van der Waals surface area contributed by atoms with Crippen molar-refractivity contribution >= 4 is 43.6 Å². The van der Waals surface area contributed by atoms with Gasteiger partial charge in [0.2, 0.25) is 0 Å². The fourth-order valence-corrected chi connectivity index (χ4v) is 8.23. The third kappa shape index (κ3) is 4.98. The highest BCUT2D eigenvalue weighted by Gasteiger charge is 2.23. The van der Waals surface area contributed by atoms with Gasteiger partial charge in [0.25, 0.3) is 0 Å². The first-order valence-electron chi connectivity index (χ1n) is 17.8. The molecule has 0 aliphatic carbocycles. The molecule has 2 nitrogen and oxygen atoms in total. The minimum Gasteiger partial charge on any atom is -0.309 e. The molecular weight excluding hydrogens is 655 g/mol. The lowest BCUT2D eigenvalue weighted by molar-refractivity contribution is 0.584. The lowest BCUT2D eigenvalue weighted by Crippen LogP contribution is -2.06. The number of aromatic nitrogens is 2. The maximum Gasteiger partial charge on any atom is 0.126 e. The van der Waals surface area contributed by atoms with Crippen LogP contribution in [0.5, 0.6) is 0 Å². The van der Waals surface area contributed by atoms with Crippen LogP contribution in [0.3, 0.4) is 0 Å². The molecule has 10 rings (SSSR count). The van der Waals surface area contributed by atoms with E-state index in [-0.39, 0.29) is 0 Å². The van der Waals surface area contributed by atoms with Crippen molar-refractivity contribution in [2.24, 2.45) is 0 Å². The Hall–Kier alpha value is -6.78. The molecule has 0 amide bonds. The Kier molecular flexibility index (Phi) is 7.12. The summed E-state index contributed by atoms with van der Waals surface area (Å²) < 4.78 is 34.5. The maximum atomic E-state index is 15.0. The van der Waals surface area contributed by atoms with Crippen LogP contribution in [-0.4, -0.2) is 9.13 Å². The summed E-state index contributed by atoms with van der Waals surface area (Å²) in [6.07, 6.45) is 0. The van der Waals surface area contributed by atoms with E-state index in [1.165, 1.54) is 12.1 Å². The van der Waals surface area contributed by atoms with Crippen LogP contribution >= 0.6 is 0 Å². The van der Waals surface area contributed by atoms with Gasteiger partial charge in [0.1, 0.15) is 11.6 Å². The first kappa shape index (κ1) is 31.0. The van der Waals surface area contributed by atoms with E-state index < -0.39 is 11.6 Å². The van der Waals surface area contributed by atoms with Crippen molar-refractivity contribution in [1.29, 1.82) is 0 Å². The largest absolute Gasteiger partial charge is 0.309 e. The third-order valence-electron chi connectivity index (χ3n) is 10.6. The van der Waals surface area contributed by atoms with E-state index in [0.29, 0.717) is 5.56 Å². The highest BCUT2D eigenvalue weighted by molar-refractivity contribution is 6.12. The monoisotopic (exact) mass is 686 g/mol. The van der Waals surface area contributed by atoms with Crippen LogP contribution in [-0.2, 0) is 0 Å². The number of rotatable bonds is 5. The molecule has 2 aromatic heterocycles. The highest BCUT2D eigenvalue weighted by Crippen LogP contribution is 2.43. The van der Waals surface area contributed by atoms with Crippen molar-refractivity contribution in [2.75, 3.05) is 0 Å². The third-order valence-corrected chi connectivity index (χ3v) is 10.6. The molecule has 0 radical (unpaired) electrons. The van der Waals surface area contributed by atoms with E-state index in [9.17, 15) is 8.78 Å². The summed E-state index contributed by atoms with van der Waals surface area (Å²) in [7, 11) is 0. The second kappa shape index (κ2) is 12.2. The molecule has 0 N–H and O–H groups in total. The van der Waals surface area contributed by atoms with Crippen molar-refractivity contribution < 1.29 is 8.78 Å². The maximum absolute atomic E-state index is 15.0. The molecular formula is C49H32F2N2. The number of hydrogen-bond acceptors (Lipinski definition) is 0. The van der Waals surface area contributed by atoms with Gasteiger partial charge in [0.05, 0.1) is 33.4 Å². The average molecular weight is 687 g/mol. The summed E-state index contributed by atoms with van der Waals surface area (Å²) >= 11 is 0. The number of para-hydroxylation sites is 2. The second-order valence-corrected chi connectivity index (χ2v) is 13.7. The Morgan fingerprint density at radius 2 is 0.830 bits per heavy atom. The van der Waals surface area contributed by atoms with Gasteiger partial charge in [-0.25, -0.2) is 8.78 Å². The SMILES string of the molecule is Cc1c(-n2c3ccccc3c3cc(-c4ccccc4)ccc32)ccc(-c2cc(F)cc(F)c2)c1-n1c2ccccc2c2cc(-c3ccccc3)ccc21. The Morgan fingerprint density at radius 3 is 1.40 bits per heavy atom. The molecule has 252 valence electrons. The van der Waals surface area contributed by atoms with Crippen molar-refractivity contribution in [2.45, 2.75) is 6.92 Å². The average Bonchev–Trinajstić information content (AvgIpc) is 3.70. The van der Waals surface area contributed by atoms with Gasteiger partial charge in [-0.1, -0.05) is 115 Å². The Bertz CT molecular complexity index is 3010. The van der Waals surface area contributed by atoms with Crippen LogP contribution < -0.4 is 0 Å². The minimum atomic E-state index is -0.612. The molecule has 0 fully saturated rings. The fraction of sp³-hybridized carbons (Fsp3) is 0.0204. The number of benzene rings is 8. The summed E-state index contributed by atoms with van der Waals surface area (Å²) in [5, 5.41) is 4.52. The summed E-state index contributed by atoms with van der Waals surface area (Å²) in [5.41, 5.74) is 12.8. The zero-order valence-electron chi connectivity index (χ0n) is 28.9. The molecule has 10 aromatic rings. The van der Waals surface area contributed by atoms with Crippen LogP contribution in [0.25, 0.3) is 88.4 Å². The molecule has 4 heteroatoms. The van der Waals surface area contributed by atoms with E-state index >= 15 is 0 Å². The van der Waals surface area contributed by atoms with Crippen LogP contribution in [0, 0.1) is 18.6 Å². The summed E-state index contributed by atoms with van der Waals surface area (Å²) in [6, 6.07) is 58.9. The second-order valence-electron chi connectivity index (χ2n) is 13.7. The van der Waals surface area contributed by atoms with Crippen LogP contribution in [0.15, 0.2) is 176 Å². The molecule has 0 bridgehead atoms. The molecule has 0 aliphatic rings. The molecule has 8 aromatic carbocycles. The van der Waals surface area contributed by atoms with Gasteiger partial charge in [0.15, 0.2) is 0 Å². The van der Waals surface area contributed by atoms with E-state index in [2.05, 4.69) is 150 Å². The molecule has 0 atom stereocenters. The highest BCUT2D eigenvalue weighted by atomic mass is 19.1. The molecule has 0 unspecified atom stereocenters. The molecule has 0 spiro atoms. The Labute approximate surface area is 305 Å². The fourth-order valence-electron chi connectivity index (χ4n) is 8.23. The predicted molar refractivity (Wildman–Crippen MR) is 216 cm³/mol. The quantitative estimate of drug-likeness (QED) is 0.171. The molecule has 0 aliphatic heterocycles. The lowest BCUT2D eigenvalue weighted by Gasteiger charge is -2.21. The van der Waals surface area contributed by atoms with Gasteiger partial charge < -0.3 is 9.13 Å². The van der Waals surface area contributed by atoms with Crippen LogP contribution in [0.2, 0.25) is 0 Å². The standard InChI is InChI=1S/C49H32F2N2/c1-31-44(52-45-18-10-8-16-40(45)42-28-34(20-23-47(42)52)32-12-4-2-5-13-32)25-22-39(36-26-37(50)30-38(51)27-36)49(31)53-46-19-11-9-17-41(46)43-29-35(21-24-48(43)53)33-14-6-3-7-15-33/h2-30H,1H3. The molecule has 53 heavy (non-hydrogen) atoms. The first-order valence-corrected chi connectivity index (χ1v) is 17.8. The van der Waals surface area contributed by atoms with Crippen molar-refractivity contribution in [3.05, 3.63) is 193 Å². The minimum absolute atomic E-state index is 0.480. The smallest absolute Gasteiger partial charge is 0.126 e. The number of halogens is 2. The van der Waals surface area contributed by atoms with Gasteiger partial charge in [0, 0.05) is 33.2 Å². The van der Waals surface area contributed by atoms with Crippen molar-refractivity contribution in [3.8, 4) is 44.8 Å². The lowest BCUT2D eigenvalue weighted by atomic mass is 9.98. The van der Waals surface area contributed by atoms with Crippen molar-refractivity contribution in [3.63, 3.8) is 0 Å². The van der Waals surface area contributed by atoms with Crippen molar-refractivity contribution in [1.82, 2.24) is 9.13 Å². The van der Waals surface area contributed by atoms with Gasteiger partial charge in [-0.05, 0) is 94.9 Å².